The fraction of sp³-hybridized carbons (Fsp3) is 0.667. The minimum Gasteiger partial charge on any atom is -0.352 e. The number of aromatic amines is 1. The molecule has 0 aliphatic carbocycles. The van der Waals surface area contributed by atoms with E-state index in [0.717, 1.165) is 25.9 Å². The highest BCUT2D eigenvalue weighted by atomic mass is 16.2. The van der Waals surface area contributed by atoms with Gasteiger partial charge in [-0.3, -0.25) is 4.79 Å². The molecular formula is C9H15N5O. The SMILES string of the molecule is CC(=O)N1CCC(Nc2ncn[nH]2)CC1. The van der Waals surface area contributed by atoms with Gasteiger partial charge in [-0.15, -0.1) is 0 Å². The van der Waals surface area contributed by atoms with E-state index in [9.17, 15) is 4.79 Å². The smallest absolute Gasteiger partial charge is 0.219 e. The van der Waals surface area contributed by atoms with E-state index in [2.05, 4.69) is 20.5 Å². The lowest BCUT2D eigenvalue weighted by molar-refractivity contribution is -0.129. The summed E-state index contributed by atoms with van der Waals surface area (Å²) in [4.78, 5) is 17.0. The first kappa shape index (κ1) is 9.95. The van der Waals surface area contributed by atoms with E-state index in [4.69, 9.17) is 0 Å². The molecule has 2 N–H and O–H groups in total. The molecule has 0 saturated carbocycles. The van der Waals surface area contributed by atoms with Crippen LogP contribution in [0.4, 0.5) is 5.95 Å². The highest BCUT2D eigenvalue weighted by molar-refractivity contribution is 5.73. The summed E-state index contributed by atoms with van der Waals surface area (Å²) in [5, 5.41) is 9.79. The van der Waals surface area contributed by atoms with Crippen molar-refractivity contribution in [3.05, 3.63) is 6.33 Å². The highest BCUT2D eigenvalue weighted by Crippen LogP contribution is 2.13. The van der Waals surface area contributed by atoms with Crippen LogP contribution >= 0.6 is 0 Å². The third-order valence-corrected chi connectivity index (χ3v) is 2.70. The van der Waals surface area contributed by atoms with Gasteiger partial charge in [0, 0.05) is 26.1 Å². The van der Waals surface area contributed by atoms with E-state index in [1.54, 1.807) is 6.92 Å². The Hall–Kier alpha value is -1.59. The van der Waals surface area contributed by atoms with Gasteiger partial charge in [0.25, 0.3) is 0 Å². The van der Waals surface area contributed by atoms with Crippen LogP contribution in [-0.4, -0.2) is 45.1 Å². The average Bonchev–Trinajstić information content (AvgIpc) is 2.71. The summed E-state index contributed by atoms with van der Waals surface area (Å²) < 4.78 is 0. The number of amides is 1. The van der Waals surface area contributed by atoms with E-state index < -0.39 is 0 Å². The van der Waals surface area contributed by atoms with Gasteiger partial charge in [-0.05, 0) is 12.8 Å². The predicted molar refractivity (Wildman–Crippen MR) is 55.3 cm³/mol. The second-order valence-electron chi connectivity index (χ2n) is 3.76. The number of carbonyl (C=O) groups is 1. The Labute approximate surface area is 88.1 Å². The first-order valence-electron chi connectivity index (χ1n) is 5.13. The molecule has 0 aromatic carbocycles. The Morgan fingerprint density at radius 3 is 2.87 bits per heavy atom. The first-order chi connectivity index (χ1) is 7.25. The zero-order chi connectivity index (χ0) is 10.7. The molecule has 2 heterocycles. The molecule has 1 aliphatic rings. The Bertz CT molecular complexity index is 315. The van der Waals surface area contributed by atoms with E-state index in [0.29, 0.717) is 12.0 Å². The molecular weight excluding hydrogens is 194 g/mol. The number of H-pyrrole nitrogens is 1. The molecule has 1 aromatic heterocycles. The number of anilines is 1. The summed E-state index contributed by atoms with van der Waals surface area (Å²) in [6.45, 7) is 3.26. The molecule has 6 nitrogen and oxygen atoms in total. The summed E-state index contributed by atoms with van der Waals surface area (Å²) in [6, 6.07) is 0.383. The molecule has 0 atom stereocenters. The van der Waals surface area contributed by atoms with E-state index in [1.165, 1.54) is 6.33 Å². The number of carbonyl (C=O) groups excluding carboxylic acids is 1. The van der Waals surface area contributed by atoms with Crippen molar-refractivity contribution >= 4 is 11.9 Å². The van der Waals surface area contributed by atoms with Gasteiger partial charge in [0.2, 0.25) is 11.9 Å². The molecule has 6 heteroatoms. The number of piperidine rings is 1. The molecule has 1 amide bonds. The van der Waals surface area contributed by atoms with Crippen LogP contribution in [0, 0.1) is 0 Å². The summed E-state index contributed by atoms with van der Waals surface area (Å²) in [5.74, 6) is 0.865. The third kappa shape index (κ3) is 2.45. The predicted octanol–water partition coefficient (Wildman–Crippen LogP) is 0.227. The summed E-state index contributed by atoms with van der Waals surface area (Å²) >= 11 is 0. The van der Waals surface area contributed by atoms with Crippen LogP contribution in [-0.2, 0) is 4.79 Å². The minimum absolute atomic E-state index is 0.160. The van der Waals surface area contributed by atoms with Crippen LogP contribution < -0.4 is 5.32 Å². The molecule has 2 rings (SSSR count). The molecule has 0 spiro atoms. The second kappa shape index (κ2) is 4.29. The van der Waals surface area contributed by atoms with Crippen LogP contribution in [0.1, 0.15) is 19.8 Å². The van der Waals surface area contributed by atoms with E-state index >= 15 is 0 Å². The second-order valence-corrected chi connectivity index (χ2v) is 3.76. The first-order valence-corrected chi connectivity index (χ1v) is 5.13. The molecule has 15 heavy (non-hydrogen) atoms. The molecule has 1 aliphatic heterocycles. The lowest BCUT2D eigenvalue weighted by Crippen LogP contribution is -2.41. The van der Waals surface area contributed by atoms with Gasteiger partial charge in [0.05, 0.1) is 0 Å². The zero-order valence-corrected chi connectivity index (χ0v) is 8.73. The fourth-order valence-corrected chi connectivity index (χ4v) is 1.81. The summed E-state index contributed by atoms with van der Waals surface area (Å²) in [6.07, 6.45) is 3.40. The number of nitrogens with one attached hydrogen (secondary N) is 2. The van der Waals surface area contributed by atoms with Crippen LogP contribution in [0.2, 0.25) is 0 Å². The van der Waals surface area contributed by atoms with Crippen molar-refractivity contribution in [3.63, 3.8) is 0 Å². The Kier molecular flexibility index (Phi) is 2.84. The van der Waals surface area contributed by atoms with Crippen molar-refractivity contribution in [3.8, 4) is 0 Å². The Morgan fingerprint density at radius 1 is 1.60 bits per heavy atom. The molecule has 1 saturated heterocycles. The van der Waals surface area contributed by atoms with Crippen LogP contribution in [0.5, 0.6) is 0 Å². The number of rotatable bonds is 2. The zero-order valence-electron chi connectivity index (χ0n) is 8.73. The number of hydrogen-bond acceptors (Lipinski definition) is 4. The lowest BCUT2D eigenvalue weighted by Gasteiger charge is -2.31. The fourth-order valence-electron chi connectivity index (χ4n) is 1.81. The van der Waals surface area contributed by atoms with Gasteiger partial charge in [0.15, 0.2) is 0 Å². The number of likely N-dealkylation sites (tertiary alicyclic amines) is 1. The molecule has 1 fully saturated rings. The van der Waals surface area contributed by atoms with Crippen molar-refractivity contribution in [2.45, 2.75) is 25.8 Å². The largest absolute Gasteiger partial charge is 0.352 e. The Morgan fingerprint density at radius 2 is 2.33 bits per heavy atom. The standard InChI is InChI=1S/C9H15N5O/c1-7(15)14-4-2-8(3-5-14)12-9-10-6-11-13-9/h6,8H,2-5H2,1H3,(H2,10,11,12,13). The van der Waals surface area contributed by atoms with Gasteiger partial charge in [-0.25, -0.2) is 10.1 Å². The maximum absolute atomic E-state index is 11.1. The van der Waals surface area contributed by atoms with Gasteiger partial charge in [-0.1, -0.05) is 0 Å². The number of nitrogens with zero attached hydrogens (tertiary/aromatic N) is 3. The van der Waals surface area contributed by atoms with Crippen LogP contribution in [0.3, 0.4) is 0 Å². The summed E-state index contributed by atoms with van der Waals surface area (Å²) in [5.41, 5.74) is 0. The summed E-state index contributed by atoms with van der Waals surface area (Å²) in [7, 11) is 0. The highest BCUT2D eigenvalue weighted by Gasteiger charge is 2.20. The normalized spacial score (nSPS) is 17.8. The topological polar surface area (TPSA) is 73.9 Å². The number of hydrogen-bond donors (Lipinski definition) is 2. The van der Waals surface area contributed by atoms with E-state index in [-0.39, 0.29) is 5.91 Å². The van der Waals surface area contributed by atoms with Gasteiger partial charge >= 0.3 is 0 Å². The van der Waals surface area contributed by atoms with E-state index in [1.807, 2.05) is 4.90 Å². The van der Waals surface area contributed by atoms with Crippen molar-refractivity contribution in [2.24, 2.45) is 0 Å². The molecule has 0 radical (unpaired) electrons. The maximum Gasteiger partial charge on any atom is 0.219 e. The maximum atomic E-state index is 11.1. The number of aromatic nitrogens is 3. The minimum atomic E-state index is 0.160. The van der Waals surface area contributed by atoms with Crippen molar-refractivity contribution in [2.75, 3.05) is 18.4 Å². The molecule has 0 unspecified atom stereocenters. The quantitative estimate of drug-likeness (QED) is 0.731. The van der Waals surface area contributed by atoms with Crippen molar-refractivity contribution < 1.29 is 4.79 Å². The van der Waals surface area contributed by atoms with Gasteiger partial charge in [-0.2, -0.15) is 5.10 Å². The van der Waals surface area contributed by atoms with Gasteiger partial charge in [0.1, 0.15) is 6.33 Å². The lowest BCUT2D eigenvalue weighted by atomic mass is 10.1. The van der Waals surface area contributed by atoms with Crippen LogP contribution in [0.15, 0.2) is 6.33 Å². The van der Waals surface area contributed by atoms with Gasteiger partial charge < -0.3 is 10.2 Å². The molecule has 0 bridgehead atoms. The van der Waals surface area contributed by atoms with Crippen molar-refractivity contribution in [1.29, 1.82) is 0 Å². The Balaban J connectivity index is 1.81. The average molecular weight is 209 g/mol. The molecule has 1 aromatic rings. The molecule has 82 valence electrons. The van der Waals surface area contributed by atoms with Crippen molar-refractivity contribution in [1.82, 2.24) is 20.1 Å². The monoisotopic (exact) mass is 209 g/mol. The van der Waals surface area contributed by atoms with Crippen LogP contribution in [0.25, 0.3) is 0 Å². The third-order valence-electron chi connectivity index (χ3n) is 2.70.